The monoisotopic (exact) mass is 331 g/mol. The molecule has 0 aliphatic heterocycles. The minimum absolute atomic E-state index is 0.00173. The van der Waals surface area contributed by atoms with Crippen LogP contribution in [-0.4, -0.2) is 16.9 Å². The molecule has 1 N–H and O–H groups in total. The van der Waals surface area contributed by atoms with Crippen LogP contribution in [0.15, 0.2) is 24.3 Å². The molecule has 0 aliphatic rings. The lowest BCUT2D eigenvalue weighted by Gasteiger charge is -2.22. The molecule has 3 heteroatoms. The molecule has 1 rings (SSSR count). The fourth-order valence-corrected chi connectivity index (χ4v) is 1.86. The van der Waals surface area contributed by atoms with E-state index in [1.807, 2.05) is 24.3 Å². The molecule has 0 aromatic heterocycles. The molecule has 0 saturated heterocycles. The van der Waals surface area contributed by atoms with Gasteiger partial charge in [-0.3, -0.25) is 4.79 Å². The van der Waals surface area contributed by atoms with Gasteiger partial charge in [0.2, 0.25) is 0 Å². The summed E-state index contributed by atoms with van der Waals surface area (Å²) in [6, 6.07) is 7.81. The number of benzene rings is 1. The number of carbonyl (C=O) groups excluding carboxylic acids is 1. The van der Waals surface area contributed by atoms with Gasteiger partial charge in [0.25, 0.3) is 5.91 Å². The summed E-state index contributed by atoms with van der Waals surface area (Å²) in [5.74, 6) is 0.0298. The predicted octanol–water partition coefficient (Wildman–Crippen LogP) is 3.15. The molecule has 0 bridgehead atoms. The van der Waals surface area contributed by atoms with Crippen molar-refractivity contribution in [3.8, 4) is 0 Å². The highest BCUT2D eigenvalue weighted by molar-refractivity contribution is 14.1. The number of halogens is 1. The minimum Gasteiger partial charge on any atom is -0.351 e. The van der Waals surface area contributed by atoms with Crippen LogP contribution in [0.4, 0.5) is 0 Å². The third kappa shape index (κ3) is 3.47. The number of hydrogen-bond acceptors (Lipinski definition) is 1. The lowest BCUT2D eigenvalue weighted by atomic mass is 9.83. The number of amides is 1. The van der Waals surface area contributed by atoms with Crippen LogP contribution in [0.5, 0.6) is 0 Å². The summed E-state index contributed by atoms with van der Waals surface area (Å²) < 4.78 is 0.932. The number of rotatable bonds is 3. The van der Waals surface area contributed by atoms with Gasteiger partial charge in [0.1, 0.15) is 0 Å². The molecule has 1 aromatic carbocycles. The molecular weight excluding hydrogens is 313 g/mol. The molecule has 0 atom stereocenters. The van der Waals surface area contributed by atoms with Gasteiger partial charge in [-0.05, 0) is 17.0 Å². The van der Waals surface area contributed by atoms with E-state index in [0.29, 0.717) is 0 Å². The number of nitrogens with one attached hydrogen (secondary N) is 1. The first-order valence-electron chi connectivity index (χ1n) is 5.40. The van der Waals surface area contributed by atoms with Gasteiger partial charge in [-0.1, -0.05) is 61.6 Å². The molecule has 0 saturated carbocycles. The third-order valence-electron chi connectivity index (χ3n) is 2.36. The second-order valence-electron chi connectivity index (χ2n) is 4.74. The van der Waals surface area contributed by atoms with Crippen molar-refractivity contribution in [2.45, 2.75) is 26.2 Å². The Labute approximate surface area is 111 Å². The fourth-order valence-electron chi connectivity index (χ4n) is 1.59. The molecule has 2 nitrogen and oxygen atoms in total. The maximum Gasteiger partial charge on any atom is 0.251 e. The zero-order chi connectivity index (χ0) is 12.2. The van der Waals surface area contributed by atoms with E-state index in [9.17, 15) is 4.79 Å². The van der Waals surface area contributed by atoms with E-state index in [0.717, 1.165) is 22.1 Å². The van der Waals surface area contributed by atoms with Gasteiger partial charge in [0.05, 0.1) is 0 Å². The van der Waals surface area contributed by atoms with E-state index in [1.54, 1.807) is 0 Å². The Kier molecular flexibility index (Phi) is 4.77. The van der Waals surface area contributed by atoms with Crippen LogP contribution in [0, 0.1) is 0 Å². The van der Waals surface area contributed by atoms with Crippen LogP contribution >= 0.6 is 22.6 Å². The smallest absolute Gasteiger partial charge is 0.251 e. The molecule has 16 heavy (non-hydrogen) atoms. The van der Waals surface area contributed by atoms with Crippen molar-refractivity contribution in [2.75, 3.05) is 11.0 Å². The Bertz CT molecular complexity index is 368. The van der Waals surface area contributed by atoms with Gasteiger partial charge in [0, 0.05) is 16.5 Å². The molecule has 0 heterocycles. The van der Waals surface area contributed by atoms with Crippen molar-refractivity contribution in [1.82, 2.24) is 5.32 Å². The van der Waals surface area contributed by atoms with Crippen molar-refractivity contribution >= 4 is 28.5 Å². The van der Waals surface area contributed by atoms with Crippen molar-refractivity contribution in [3.63, 3.8) is 0 Å². The molecule has 1 amide bonds. The zero-order valence-electron chi connectivity index (χ0n) is 10.0. The summed E-state index contributed by atoms with van der Waals surface area (Å²) in [5.41, 5.74) is 1.89. The Morgan fingerprint density at radius 2 is 1.94 bits per heavy atom. The predicted molar refractivity (Wildman–Crippen MR) is 76.4 cm³/mol. The first-order valence-corrected chi connectivity index (χ1v) is 6.93. The normalized spacial score (nSPS) is 11.2. The minimum atomic E-state index is -0.00173. The first kappa shape index (κ1) is 13.5. The molecule has 88 valence electrons. The average molecular weight is 331 g/mol. The van der Waals surface area contributed by atoms with Crippen molar-refractivity contribution < 1.29 is 4.79 Å². The lowest BCUT2D eigenvalue weighted by Crippen LogP contribution is -2.28. The zero-order valence-corrected chi connectivity index (χ0v) is 12.2. The maximum absolute atomic E-state index is 12.0. The Balaban J connectivity index is 3.00. The van der Waals surface area contributed by atoms with Crippen LogP contribution in [0.3, 0.4) is 0 Å². The highest BCUT2D eigenvalue weighted by atomic mass is 127. The van der Waals surface area contributed by atoms with E-state index >= 15 is 0 Å². The van der Waals surface area contributed by atoms with Crippen LogP contribution < -0.4 is 5.32 Å². The van der Waals surface area contributed by atoms with Gasteiger partial charge in [-0.15, -0.1) is 0 Å². The summed E-state index contributed by atoms with van der Waals surface area (Å²) in [6.07, 6.45) is 0. The molecule has 0 unspecified atom stereocenters. The van der Waals surface area contributed by atoms with Crippen molar-refractivity contribution in [1.29, 1.82) is 0 Å². The SMILES string of the molecule is CC(C)(C)c1ccccc1C(=O)NCCI. The quantitative estimate of drug-likeness (QED) is 0.669. The first-order chi connectivity index (χ1) is 7.46. The highest BCUT2D eigenvalue weighted by Gasteiger charge is 2.20. The number of alkyl halides is 1. The van der Waals surface area contributed by atoms with E-state index in [-0.39, 0.29) is 11.3 Å². The van der Waals surface area contributed by atoms with Crippen molar-refractivity contribution in [3.05, 3.63) is 35.4 Å². The summed E-state index contributed by atoms with van der Waals surface area (Å²) in [7, 11) is 0. The second-order valence-corrected chi connectivity index (χ2v) is 5.82. The van der Waals surface area contributed by atoms with Gasteiger partial charge in [-0.25, -0.2) is 0 Å². The van der Waals surface area contributed by atoms with Gasteiger partial charge < -0.3 is 5.32 Å². The summed E-state index contributed by atoms with van der Waals surface area (Å²) in [5, 5.41) is 2.91. The van der Waals surface area contributed by atoms with Gasteiger partial charge in [0.15, 0.2) is 0 Å². The van der Waals surface area contributed by atoms with Crippen molar-refractivity contribution in [2.24, 2.45) is 0 Å². The Morgan fingerprint density at radius 1 is 1.31 bits per heavy atom. The van der Waals surface area contributed by atoms with E-state index in [4.69, 9.17) is 0 Å². The Hall–Kier alpha value is -0.580. The summed E-state index contributed by atoms with van der Waals surface area (Å²) in [4.78, 5) is 12.0. The van der Waals surface area contributed by atoms with E-state index in [2.05, 4.69) is 48.7 Å². The van der Waals surface area contributed by atoms with Crippen LogP contribution in [-0.2, 0) is 5.41 Å². The fraction of sp³-hybridized carbons (Fsp3) is 0.462. The third-order valence-corrected chi connectivity index (χ3v) is 2.90. The molecule has 0 aliphatic carbocycles. The second kappa shape index (κ2) is 5.66. The van der Waals surface area contributed by atoms with Crippen LogP contribution in [0.25, 0.3) is 0 Å². The summed E-state index contributed by atoms with van der Waals surface area (Å²) >= 11 is 2.25. The largest absolute Gasteiger partial charge is 0.351 e. The van der Waals surface area contributed by atoms with E-state index in [1.165, 1.54) is 0 Å². The van der Waals surface area contributed by atoms with E-state index < -0.39 is 0 Å². The maximum atomic E-state index is 12.0. The lowest BCUT2D eigenvalue weighted by molar-refractivity contribution is 0.0954. The topological polar surface area (TPSA) is 29.1 Å². The number of carbonyl (C=O) groups is 1. The average Bonchev–Trinajstić information content (AvgIpc) is 2.24. The number of hydrogen-bond donors (Lipinski definition) is 1. The van der Waals surface area contributed by atoms with Crippen LogP contribution in [0.1, 0.15) is 36.7 Å². The highest BCUT2D eigenvalue weighted by Crippen LogP contribution is 2.25. The summed E-state index contributed by atoms with van der Waals surface area (Å²) in [6.45, 7) is 7.09. The molecule has 0 spiro atoms. The Morgan fingerprint density at radius 3 is 2.50 bits per heavy atom. The standard InChI is InChI=1S/C13H18INO/c1-13(2,3)11-7-5-4-6-10(11)12(16)15-9-8-14/h4-7H,8-9H2,1-3H3,(H,15,16). The molecule has 0 fully saturated rings. The molecular formula is C13H18INO. The van der Waals surface area contributed by atoms with Gasteiger partial charge in [-0.2, -0.15) is 0 Å². The van der Waals surface area contributed by atoms with Crippen LogP contribution in [0.2, 0.25) is 0 Å². The molecule has 1 aromatic rings. The molecule has 0 radical (unpaired) electrons. The van der Waals surface area contributed by atoms with Gasteiger partial charge >= 0.3 is 0 Å².